The maximum Gasteiger partial charge on any atom is 0.0700 e. The molecule has 1 aromatic heterocycles. The fourth-order valence-corrected chi connectivity index (χ4v) is 5.92. The number of hydrogen-bond donors (Lipinski definition) is 1. The Balaban J connectivity index is 1.49. The Bertz CT molecular complexity index is 1040. The molecule has 1 saturated carbocycles. The zero-order chi connectivity index (χ0) is 21.4. The lowest BCUT2D eigenvalue weighted by Crippen LogP contribution is -2.30. The van der Waals surface area contributed by atoms with Crippen molar-refractivity contribution < 1.29 is 5.11 Å². The van der Waals surface area contributed by atoms with Crippen molar-refractivity contribution in [2.24, 2.45) is 5.41 Å². The van der Waals surface area contributed by atoms with Crippen LogP contribution in [0, 0.1) is 5.41 Å². The molecule has 31 heavy (non-hydrogen) atoms. The third kappa shape index (κ3) is 3.81. The molecular weight excluding hydrogens is 382 g/mol. The monoisotopic (exact) mass is 417 g/mol. The van der Waals surface area contributed by atoms with E-state index in [0.29, 0.717) is 12.0 Å². The molecule has 5 rings (SSSR count). The Morgan fingerprint density at radius 2 is 1.87 bits per heavy atom. The zero-order valence-corrected chi connectivity index (χ0v) is 18.9. The van der Waals surface area contributed by atoms with Crippen LogP contribution in [-0.2, 0) is 13.0 Å². The third-order valence-corrected chi connectivity index (χ3v) is 7.69. The first-order valence-corrected chi connectivity index (χ1v) is 12.0. The lowest BCUT2D eigenvalue weighted by Gasteiger charge is -2.29. The van der Waals surface area contributed by atoms with Gasteiger partial charge in [0.1, 0.15) is 0 Å². The number of fused-ring (bicyclic) bond motifs is 1. The van der Waals surface area contributed by atoms with Crippen LogP contribution in [0.15, 0.2) is 48.5 Å². The van der Waals surface area contributed by atoms with Gasteiger partial charge in [-0.25, -0.2) is 0 Å². The van der Waals surface area contributed by atoms with Gasteiger partial charge < -0.3 is 5.11 Å². The molecule has 2 unspecified atom stereocenters. The maximum atomic E-state index is 10.4. The van der Waals surface area contributed by atoms with Crippen LogP contribution in [-0.4, -0.2) is 39.5 Å². The minimum absolute atomic E-state index is 0.131. The Morgan fingerprint density at radius 3 is 2.58 bits per heavy atom. The number of aryl methyl sites for hydroxylation is 1. The molecule has 0 bridgehead atoms. The summed E-state index contributed by atoms with van der Waals surface area (Å²) in [5.41, 5.74) is 5.07. The van der Waals surface area contributed by atoms with Crippen LogP contribution in [0.4, 0.5) is 0 Å². The Labute approximate surface area is 185 Å². The molecule has 2 heterocycles. The average molecular weight is 418 g/mol. The van der Waals surface area contributed by atoms with E-state index in [4.69, 9.17) is 5.10 Å². The summed E-state index contributed by atoms with van der Waals surface area (Å²) in [4.78, 5) is 2.51. The Hall–Kier alpha value is -2.17. The second kappa shape index (κ2) is 8.40. The Kier molecular flexibility index (Phi) is 5.61. The van der Waals surface area contributed by atoms with E-state index in [9.17, 15) is 5.11 Å². The van der Waals surface area contributed by atoms with Crippen LogP contribution in [0.25, 0.3) is 10.9 Å². The molecule has 0 spiro atoms. The lowest BCUT2D eigenvalue weighted by atomic mass is 9.76. The van der Waals surface area contributed by atoms with Crippen molar-refractivity contribution in [3.05, 3.63) is 65.4 Å². The van der Waals surface area contributed by atoms with Crippen molar-refractivity contribution >= 4 is 10.9 Å². The van der Waals surface area contributed by atoms with Crippen molar-refractivity contribution in [2.45, 2.75) is 64.5 Å². The average Bonchev–Trinajstić information content (AvgIpc) is 3.51. The SMILES string of the molecule is CCc1nn(C2CCCC2)c2cc(C3CN(Cc4ccccc4)CC3(C)CO)ccc12. The standard InChI is InChI=1S/C27H35N3O/c1-3-25-23-14-13-21(15-26(23)30(28-25)22-11-7-8-12-22)24-17-29(18-27(24,2)19-31)16-20-9-5-4-6-10-20/h4-6,9-10,13-15,22,24,31H,3,7-8,11-12,16-19H2,1-2H3. The highest BCUT2D eigenvalue weighted by molar-refractivity contribution is 5.83. The van der Waals surface area contributed by atoms with Crippen LogP contribution >= 0.6 is 0 Å². The number of likely N-dealkylation sites (tertiary alicyclic amines) is 1. The van der Waals surface area contributed by atoms with Crippen LogP contribution in [0.3, 0.4) is 0 Å². The normalized spacial score (nSPS) is 25.1. The molecule has 1 aliphatic carbocycles. The van der Waals surface area contributed by atoms with E-state index in [1.54, 1.807) is 0 Å². The summed E-state index contributed by atoms with van der Waals surface area (Å²) in [6.45, 7) is 7.51. The van der Waals surface area contributed by atoms with Gasteiger partial charge in [-0.15, -0.1) is 0 Å². The molecule has 4 nitrogen and oxygen atoms in total. The van der Waals surface area contributed by atoms with E-state index in [1.165, 1.54) is 53.4 Å². The molecule has 164 valence electrons. The molecule has 0 amide bonds. The number of aliphatic hydroxyl groups excluding tert-OH is 1. The van der Waals surface area contributed by atoms with E-state index < -0.39 is 0 Å². The zero-order valence-electron chi connectivity index (χ0n) is 18.9. The van der Waals surface area contributed by atoms with Gasteiger partial charge in [-0.2, -0.15) is 5.10 Å². The van der Waals surface area contributed by atoms with Crippen LogP contribution < -0.4 is 0 Å². The minimum Gasteiger partial charge on any atom is -0.396 e. The van der Waals surface area contributed by atoms with E-state index in [-0.39, 0.29) is 12.0 Å². The van der Waals surface area contributed by atoms with Gasteiger partial charge >= 0.3 is 0 Å². The lowest BCUT2D eigenvalue weighted by molar-refractivity contribution is 0.132. The maximum absolute atomic E-state index is 10.4. The van der Waals surface area contributed by atoms with E-state index in [0.717, 1.165) is 26.1 Å². The summed E-state index contributed by atoms with van der Waals surface area (Å²) in [5, 5.41) is 16.7. The first kappa shape index (κ1) is 20.7. The molecular formula is C27H35N3O. The molecule has 2 atom stereocenters. The summed E-state index contributed by atoms with van der Waals surface area (Å²) < 4.78 is 2.33. The van der Waals surface area contributed by atoms with Gasteiger partial charge in [-0.1, -0.05) is 69.2 Å². The van der Waals surface area contributed by atoms with Crippen LogP contribution in [0.1, 0.15) is 68.3 Å². The van der Waals surface area contributed by atoms with Crippen molar-refractivity contribution in [1.82, 2.24) is 14.7 Å². The van der Waals surface area contributed by atoms with E-state index in [2.05, 4.69) is 72.0 Å². The molecule has 2 aromatic carbocycles. The molecule has 2 fully saturated rings. The van der Waals surface area contributed by atoms with Gasteiger partial charge in [0.2, 0.25) is 0 Å². The van der Waals surface area contributed by atoms with E-state index in [1.807, 2.05) is 0 Å². The second-order valence-electron chi connectivity index (χ2n) is 9.98. The van der Waals surface area contributed by atoms with Crippen LogP contribution in [0.5, 0.6) is 0 Å². The highest BCUT2D eigenvalue weighted by Gasteiger charge is 2.43. The predicted molar refractivity (Wildman–Crippen MR) is 126 cm³/mol. The summed E-state index contributed by atoms with van der Waals surface area (Å²) in [5.74, 6) is 0.322. The van der Waals surface area contributed by atoms with Crippen molar-refractivity contribution in [2.75, 3.05) is 19.7 Å². The second-order valence-corrected chi connectivity index (χ2v) is 9.98. The van der Waals surface area contributed by atoms with Gasteiger partial charge in [-0.3, -0.25) is 9.58 Å². The molecule has 0 radical (unpaired) electrons. The minimum atomic E-state index is -0.131. The summed E-state index contributed by atoms with van der Waals surface area (Å²) in [7, 11) is 0. The Morgan fingerprint density at radius 1 is 1.10 bits per heavy atom. The molecule has 2 aliphatic rings. The largest absolute Gasteiger partial charge is 0.396 e. The van der Waals surface area contributed by atoms with Gasteiger partial charge in [0, 0.05) is 36.4 Å². The van der Waals surface area contributed by atoms with E-state index >= 15 is 0 Å². The molecule has 3 aromatic rings. The van der Waals surface area contributed by atoms with Crippen molar-refractivity contribution in [3.63, 3.8) is 0 Å². The predicted octanol–water partition coefficient (Wildman–Crippen LogP) is 5.31. The molecule has 4 heteroatoms. The fraction of sp³-hybridized carbons (Fsp3) is 0.519. The number of aliphatic hydroxyl groups is 1. The first-order chi connectivity index (χ1) is 15.1. The topological polar surface area (TPSA) is 41.3 Å². The van der Waals surface area contributed by atoms with Gasteiger partial charge in [-0.05, 0) is 36.5 Å². The number of nitrogens with zero attached hydrogens (tertiary/aromatic N) is 3. The first-order valence-electron chi connectivity index (χ1n) is 12.0. The highest BCUT2D eigenvalue weighted by atomic mass is 16.3. The van der Waals surface area contributed by atoms with Gasteiger partial charge in [0.05, 0.1) is 23.9 Å². The number of rotatable bonds is 6. The molecule has 1 saturated heterocycles. The summed E-state index contributed by atoms with van der Waals surface area (Å²) in [6.07, 6.45) is 6.08. The summed E-state index contributed by atoms with van der Waals surface area (Å²) >= 11 is 0. The molecule has 1 N–H and O–H groups in total. The summed E-state index contributed by atoms with van der Waals surface area (Å²) in [6, 6.07) is 18.2. The number of benzene rings is 2. The third-order valence-electron chi connectivity index (χ3n) is 7.69. The van der Waals surface area contributed by atoms with Gasteiger partial charge in [0.25, 0.3) is 0 Å². The highest BCUT2D eigenvalue weighted by Crippen LogP contribution is 2.44. The van der Waals surface area contributed by atoms with Gasteiger partial charge in [0.15, 0.2) is 0 Å². The number of hydrogen-bond acceptors (Lipinski definition) is 3. The quantitative estimate of drug-likeness (QED) is 0.591. The fourth-order valence-electron chi connectivity index (χ4n) is 5.92. The van der Waals surface area contributed by atoms with Crippen molar-refractivity contribution in [1.29, 1.82) is 0 Å². The molecule has 1 aliphatic heterocycles. The number of aromatic nitrogens is 2. The van der Waals surface area contributed by atoms with Crippen molar-refractivity contribution in [3.8, 4) is 0 Å². The smallest absolute Gasteiger partial charge is 0.0700 e. The van der Waals surface area contributed by atoms with Crippen LogP contribution in [0.2, 0.25) is 0 Å².